The van der Waals surface area contributed by atoms with E-state index in [1.165, 1.54) is 6.26 Å². The Morgan fingerprint density at radius 3 is 2.43 bits per heavy atom. The van der Waals surface area contributed by atoms with Gasteiger partial charge in [0.05, 0.1) is 0 Å². The van der Waals surface area contributed by atoms with Crippen LogP contribution < -0.4 is 4.52 Å². The summed E-state index contributed by atoms with van der Waals surface area (Å²) < 4.78 is 31.5. The second-order valence-corrected chi connectivity index (χ2v) is 6.34. The van der Waals surface area contributed by atoms with E-state index in [4.69, 9.17) is 4.52 Å². The maximum atomic E-state index is 11.4. The van der Waals surface area contributed by atoms with Crippen LogP contribution in [0.1, 0.15) is 0 Å². The summed E-state index contributed by atoms with van der Waals surface area (Å²) >= 11 is 1.98. The average molecular weight is 252 g/mol. The lowest BCUT2D eigenvalue weighted by molar-refractivity contribution is 0.421. The van der Waals surface area contributed by atoms with E-state index in [1.54, 1.807) is 30.3 Å². The summed E-state index contributed by atoms with van der Waals surface area (Å²) in [7, 11) is 0. The Bertz CT molecular complexity index is 367. The molecule has 78 valence electrons. The standard InChI is InChI=1S/C7H9O4PS2/c1-14(9)11-12(8,13)10-7-5-3-2-4-6-7/h2-6H,1H3,(H,8,13). The van der Waals surface area contributed by atoms with Crippen LogP contribution in [0.4, 0.5) is 0 Å². The highest BCUT2D eigenvalue weighted by Gasteiger charge is 2.22. The molecule has 14 heavy (non-hydrogen) atoms. The number of rotatable bonds is 4. The van der Waals surface area contributed by atoms with Gasteiger partial charge in [0.2, 0.25) is 0 Å². The Hall–Kier alpha value is -0.290. The lowest BCUT2D eigenvalue weighted by atomic mass is 10.3. The topological polar surface area (TPSA) is 52.6 Å². The zero-order valence-corrected chi connectivity index (χ0v) is 9.93. The molecule has 0 aliphatic carbocycles. The van der Waals surface area contributed by atoms with Crippen LogP contribution in [0.5, 0.6) is 5.75 Å². The molecule has 0 saturated carbocycles. The Balaban J connectivity index is 2.69. The summed E-state index contributed by atoms with van der Waals surface area (Å²) in [6.45, 7) is -3.58. The molecule has 0 aliphatic heterocycles. The quantitative estimate of drug-likeness (QED) is 0.660. The van der Waals surface area contributed by atoms with E-state index in [1.807, 2.05) is 0 Å². The molecule has 0 bridgehead atoms. The summed E-state index contributed by atoms with van der Waals surface area (Å²) in [5.41, 5.74) is 0. The molecule has 2 unspecified atom stereocenters. The molecule has 0 saturated heterocycles. The van der Waals surface area contributed by atoms with E-state index >= 15 is 0 Å². The maximum Gasteiger partial charge on any atom is 0.450 e. The third-order valence-corrected chi connectivity index (χ3v) is 4.04. The first-order valence-corrected chi connectivity index (χ1v) is 7.78. The molecule has 2 atom stereocenters. The number of para-hydroxylation sites is 1. The van der Waals surface area contributed by atoms with Gasteiger partial charge in [0.15, 0.2) is 11.1 Å². The molecule has 0 amide bonds. The van der Waals surface area contributed by atoms with Gasteiger partial charge in [0.25, 0.3) is 0 Å². The molecule has 0 fully saturated rings. The molecular weight excluding hydrogens is 243 g/mol. The van der Waals surface area contributed by atoms with Crippen molar-refractivity contribution in [3.63, 3.8) is 0 Å². The van der Waals surface area contributed by atoms with Gasteiger partial charge in [-0.2, -0.15) is 3.97 Å². The van der Waals surface area contributed by atoms with Gasteiger partial charge in [-0.25, -0.2) is 8.77 Å². The second-order valence-electron chi connectivity index (χ2n) is 2.35. The lowest BCUT2D eigenvalue weighted by Gasteiger charge is -2.11. The summed E-state index contributed by atoms with van der Waals surface area (Å²) in [4.78, 5) is 0. The third-order valence-electron chi connectivity index (χ3n) is 1.16. The van der Waals surface area contributed by atoms with E-state index in [2.05, 4.69) is 16.2 Å². The van der Waals surface area contributed by atoms with E-state index in [0.717, 1.165) is 0 Å². The van der Waals surface area contributed by atoms with E-state index in [9.17, 15) is 8.77 Å². The molecule has 0 heterocycles. The molecule has 1 aromatic rings. The van der Waals surface area contributed by atoms with Crippen molar-refractivity contribution in [3.8, 4) is 5.75 Å². The Morgan fingerprint density at radius 1 is 1.36 bits per heavy atom. The summed E-state index contributed by atoms with van der Waals surface area (Å²) in [6, 6.07) is 8.42. The van der Waals surface area contributed by atoms with Crippen molar-refractivity contribution in [3.05, 3.63) is 30.3 Å². The van der Waals surface area contributed by atoms with Gasteiger partial charge in [-0.1, -0.05) is 18.2 Å². The highest BCUT2D eigenvalue weighted by Crippen LogP contribution is 2.53. The number of hydrogen-bond acceptors (Lipinski definition) is 4. The van der Waals surface area contributed by atoms with E-state index in [-0.39, 0.29) is 0 Å². The van der Waals surface area contributed by atoms with Crippen LogP contribution in [0, 0.1) is 0 Å². The highest BCUT2D eigenvalue weighted by atomic mass is 32.7. The molecule has 1 aromatic carbocycles. The van der Waals surface area contributed by atoms with Gasteiger partial charge in [-0.05, 0) is 24.4 Å². The van der Waals surface area contributed by atoms with Crippen LogP contribution in [-0.4, -0.2) is 10.5 Å². The fraction of sp³-hybridized carbons (Fsp3) is 0.143. The minimum atomic E-state index is -3.58. The van der Waals surface area contributed by atoms with Gasteiger partial charge in [-0.15, -0.1) is 0 Å². The smallest absolute Gasteiger partial charge is 0.417 e. The van der Waals surface area contributed by atoms with Crippen molar-refractivity contribution < 1.29 is 17.3 Å². The normalized spacial score (nSPS) is 17.0. The van der Waals surface area contributed by atoms with Crippen molar-refractivity contribution in [2.75, 3.05) is 6.26 Å². The van der Waals surface area contributed by atoms with Gasteiger partial charge in [0, 0.05) is 6.26 Å². The van der Waals surface area contributed by atoms with Crippen molar-refractivity contribution in [2.24, 2.45) is 0 Å². The van der Waals surface area contributed by atoms with E-state index in [0.29, 0.717) is 5.75 Å². The molecule has 0 radical (unpaired) electrons. The average Bonchev–Trinajstić information content (AvgIpc) is 2.02. The van der Waals surface area contributed by atoms with E-state index < -0.39 is 17.9 Å². The number of benzene rings is 1. The fourth-order valence-electron chi connectivity index (χ4n) is 0.762. The first kappa shape index (κ1) is 11.8. The number of hydrogen-bond donors (Lipinski definition) is 1. The minimum Gasteiger partial charge on any atom is -0.417 e. The van der Waals surface area contributed by atoms with Crippen LogP contribution in [-0.2, 0) is 19.6 Å². The summed E-state index contributed by atoms with van der Waals surface area (Å²) in [5.74, 6) is 0.358. The second kappa shape index (κ2) is 4.98. The van der Waals surface area contributed by atoms with Gasteiger partial charge in [0.1, 0.15) is 5.75 Å². The summed E-state index contributed by atoms with van der Waals surface area (Å²) in [6.07, 6.45) is 1.25. The maximum absolute atomic E-state index is 11.4. The van der Waals surface area contributed by atoms with Crippen LogP contribution >= 0.6 is 19.0 Å². The summed E-state index contributed by atoms with van der Waals surface area (Å²) in [5, 5.41) is 0. The Kier molecular flexibility index (Phi) is 4.19. The van der Waals surface area contributed by atoms with Gasteiger partial charge in [-0.3, -0.25) is 0 Å². The SMILES string of the molecule is CS(=O)OP(=O)(S)Oc1ccccc1. The highest BCUT2D eigenvalue weighted by molar-refractivity contribution is 8.45. The van der Waals surface area contributed by atoms with Crippen LogP contribution in [0.15, 0.2) is 30.3 Å². The molecular formula is C7H9O4PS2. The fourth-order valence-corrected chi connectivity index (χ4v) is 3.46. The Morgan fingerprint density at radius 2 is 1.93 bits per heavy atom. The molecule has 0 aliphatic rings. The Labute approximate surface area is 90.0 Å². The molecule has 4 nitrogen and oxygen atoms in total. The largest absolute Gasteiger partial charge is 0.450 e. The van der Waals surface area contributed by atoms with Gasteiger partial charge < -0.3 is 4.52 Å². The van der Waals surface area contributed by atoms with Crippen molar-refractivity contribution >= 4 is 30.1 Å². The molecule has 0 spiro atoms. The lowest BCUT2D eigenvalue weighted by Crippen LogP contribution is -1.94. The predicted molar refractivity (Wildman–Crippen MR) is 58.8 cm³/mol. The number of thiol groups is 1. The molecule has 1 rings (SSSR count). The molecule has 0 N–H and O–H groups in total. The van der Waals surface area contributed by atoms with Crippen LogP contribution in [0.3, 0.4) is 0 Å². The predicted octanol–water partition coefficient (Wildman–Crippen LogP) is 2.41. The van der Waals surface area contributed by atoms with Gasteiger partial charge >= 0.3 is 6.80 Å². The van der Waals surface area contributed by atoms with Crippen molar-refractivity contribution in [1.29, 1.82) is 0 Å². The molecule has 0 aromatic heterocycles. The minimum absolute atomic E-state index is 0.358. The van der Waals surface area contributed by atoms with Crippen LogP contribution in [0.2, 0.25) is 0 Å². The first-order chi connectivity index (χ1) is 6.49. The zero-order chi connectivity index (χ0) is 10.6. The zero-order valence-electron chi connectivity index (χ0n) is 7.32. The van der Waals surface area contributed by atoms with Crippen LogP contribution in [0.25, 0.3) is 0 Å². The molecule has 7 heteroatoms. The monoisotopic (exact) mass is 252 g/mol. The third kappa shape index (κ3) is 4.28. The van der Waals surface area contributed by atoms with Crippen molar-refractivity contribution in [2.45, 2.75) is 0 Å². The van der Waals surface area contributed by atoms with Crippen molar-refractivity contribution in [1.82, 2.24) is 0 Å². The first-order valence-electron chi connectivity index (χ1n) is 3.60.